The van der Waals surface area contributed by atoms with Crippen LogP contribution in [0.15, 0.2) is 12.7 Å². The van der Waals surface area contributed by atoms with Gasteiger partial charge in [0.1, 0.15) is 6.10 Å². The van der Waals surface area contributed by atoms with Crippen LogP contribution in [0.1, 0.15) is 39.0 Å². The smallest absolute Gasteiger partial charge is 0.305 e. The number of amides is 1. The first-order valence-electron chi connectivity index (χ1n) is 6.25. The largest absolute Gasteiger partial charge is 0.481 e. The lowest BCUT2D eigenvalue weighted by Crippen LogP contribution is -2.57. The number of hydrogen-bond acceptors (Lipinski definition) is 3. The van der Waals surface area contributed by atoms with Gasteiger partial charge in [0, 0.05) is 0 Å². The third kappa shape index (κ3) is 4.14. The van der Waals surface area contributed by atoms with E-state index in [1.54, 1.807) is 13.0 Å². The molecule has 1 aliphatic rings. The molecule has 5 nitrogen and oxygen atoms in total. The fourth-order valence-corrected chi connectivity index (χ4v) is 2.01. The van der Waals surface area contributed by atoms with E-state index in [2.05, 4.69) is 11.9 Å². The van der Waals surface area contributed by atoms with Crippen molar-refractivity contribution in [3.63, 3.8) is 0 Å². The van der Waals surface area contributed by atoms with Crippen LogP contribution >= 0.6 is 0 Å². The minimum Gasteiger partial charge on any atom is -0.481 e. The SMILES string of the molecule is C=CCCOC(C)C(=O)NC1(CC(=O)O)CCC1. The van der Waals surface area contributed by atoms with Gasteiger partial charge >= 0.3 is 5.97 Å². The molecule has 1 saturated carbocycles. The van der Waals surface area contributed by atoms with Crippen molar-refractivity contribution in [2.24, 2.45) is 0 Å². The van der Waals surface area contributed by atoms with Crippen LogP contribution < -0.4 is 5.32 Å². The Bertz CT molecular complexity index is 323. The lowest BCUT2D eigenvalue weighted by atomic mass is 9.74. The highest BCUT2D eigenvalue weighted by Crippen LogP contribution is 2.35. The summed E-state index contributed by atoms with van der Waals surface area (Å²) in [5.74, 6) is -1.12. The fraction of sp³-hybridized carbons (Fsp3) is 0.692. The van der Waals surface area contributed by atoms with Crippen LogP contribution in [0.4, 0.5) is 0 Å². The average molecular weight is 255 g/mol. The van der Waals surface area contributed by atoms with Crippen molar-refractivity contribution in [3.8, 4) is 0 Å². The number of carboxylic acids is 1. The van der Waals surface area contributed by atoms with Crippen LogP contribution in [0, 0.1) is 0 Å². The fourth-order valence-electron chi connectivity index (χ4n) is 2.01. The predicted molar refractivity (Wildman–Crippen MR) is 67.2 cm³/mol. The monoisotopic (exact) mass is 255 g/mol. The molecular formula is C13H21NO4. The summed E-state index contributed by atoms with van der Waals surface area (Å²) in [4.78, 5) is 22.6. The van der Waals surface area contributed by atoms with Crippen LogP contribution in [-0.2, 0) is 14.3 Å². The highest BCUT2D eigenvalue weighted by atomic mass is 16.5. The molecule has 0 saturated heterocycles. The van der Waals surface area contributed by atoms with E-state index in [1.807, 2.05) is 0 Å². The number of hydrogen-bond donors (Lipinski definition) is 2. The Hall–Kier alpha value is -1.36. The van der Waals surface area contributed by atoms with Gasteiger partial charge in [0.25, 0.3) is 0 Å². The third-order valence-corrected chi connectivity index (χ3v) is 3.25. The zero-order valence-electron chi connectivity index (χ0n) is 10.8. The summed E-state index contributed by atoms with van der Waals surface area (Å²) in [7, 11) is 0. The van der Waals surface area contributed by atoms with Gasteiger partial charge in [0.2, 0.25) is 5.91 Å². The normalized spacial score (nSPS) is 18.5. The molecule has 1 aliphatic carbocycles. The second kappa shape index (κ2) is 6.54. The molecule has 0 bridgehead atoms. The zero-order valence-corrected chi connectivity index (χ0v) is 10.8. The predicted octanol–water partition coefficient (Wildman–Crippen LogP) is 1.48. The molecule has 0 radical (unpaired) electrons. The lowest BCUT2D eigenvalue weighted by Gasteiger charge is -2.42. The summed E-state index contributed by atoms with van der Waals surface area (Å²) in [5.41, 5.74) is -0.557. The number of carbonyl (C=O) groups is 2. The van der Waals surface area contributed by atoms with Gasteiger partial charge in [0.15, 0.2) is 0 Å². The molecule has 0 aromatic heterocycles. The maximum atomic E-state index is 11.9. The van der Waals surface area contributed by atoms with E-state index >= 15 is 0 Å². The first-order valence-corrected chi connectivity index (χ1v) is 6.25. The molecule has 1 atom stereocenters. The Kier molecular flexibility index (Phi) is 5.34. The van der Waals surface area contributed by atoms with E-state index in [0.29, 0.717) is 13.0 Å². The van der Waals surface area contributed by atoms with Crippen molar-refractivity contribution in [2.45, 2.75) is 50.7 Å². The second-order valence-corrected chi connectivity index (χ2v) is 4.78. The minimum absolute atomic E-state index is 0.0158. The van der Waals surface area contributed by atoms with Crippen molar-refractivity contribution in [3.05, 3.63) is 12.7 Å². The van der Waals surface area contributed by atoms with Gasteiger partial charge in [-0.1, -0.05) is 6.08 Å². The summed E-state index contributed by atoms with van der Waals surface area (Å²) in [6.07, 6.45) is 4.25. The number of carboxylic acid groups (broad SMARTS) is 1. The zero-order chi connectivity index (χ0) is 13.6. The summed E-state index contributed by atoms with van der Waals surface area (Å²) in [6, 6.07) is 0. The van der Waals surface area contributed by atoms with Crippen molar-refractivity contribution in [1.29, 1.82) is 0 Å². The lowest BCUT2D eigenvalue weighted by molar-refractivity contribution is -0.142. The molecule has 1 unspecified atom stereocenters. The van der Waals surface area contributed by atoms with Gasteiger partial charge in [0.05, 0.1) is 18.6 Å². The van der Waals surface area contributed by atoms with Crippen molar-refractivity contribution in [1.82, 2.24) is 5.32 Å². The van der Waals surface area contributed by atoms with Gasteiger partial charge in [-0.3, -0.25) is 9.59 Å². The van der Waals surface area contributed by atoms with E-state index in [-0.39, 0.29) is 12.3 Å². The maximum absolute atomic E-state index is 11.9. The van der Waals surface area contributed by atoms with E-state index in [4.69, 9.17) is 9.84 Å². The number of ether oxygens (including phenoxy) is 1. The number of carbonyl (C=O) groups excluding carboxylic acids is 1. The summed E-state index contributed by atoms with van der Waals surface area (Å²) in [5, 5.41) is 11.7. The second-order valence-electron chi connectivity index (χ2n) is 4.78. The molecule has 0 aromatic rings. The van der Waals surface area contributed by atoms with Crippen molar-refractivity contribution < 1.29 is 19.4 Å². The maximum Gasteiger partial charge on any atom is 0.305 e. The Morgan fingerprint density at radius 2 is 2.22 bits per heavy atom. The summed E-state index contributed by atoms with van der Waals surface area (Å²) < 4.78 is 5.33. The van der Waals surface area contributed by atoms with Crippen LogP contribution in [0.25, 0.3) is 0 Å². The van der Waals surface area contributed by atoms with Gasteiger partial charge in [-0.2, -0.15) is 0 Å². The van der Waals surface area contributed by atoms with Crippen molar-refractivity contribution >= 4 is 11.9 Å². The molecule has 5 heteroatoms. The molecule has 0 spiro atoms. The summed E-state index contributed by atoms with van der Waals surface area (Å²) in [6.45, 7) is 5.69. The molecule has 1 amide bonds. The Morgan fingerprint density at radius 3 is 2.67 bits per heavy atom. The Balaban J connectivity index is 2.41. The topological polar surface area (TPSA) is 75.6 Å². The quantitative estimate of drug-likeness (QED) is 0.509. The molecule has 0 aromatic carbocycles. The molecule has 0 aliphatic heterocycles. The third-order valence-electron chi connectivity index (χ3n) is 3.25. The van der Waals surface area contributed by atoms with E-state index in [9.17, 15) is 9.59 Å². The van der Waals surface area contributed by atoms with Gasteiger partial charge in [-0.25, -0.2) is 0 Å². The standard InChI is InChI=1S/C13H21NO4/c1-3-4-8-18-10(2)12(17)14-13(6-5-7-13)9-11(15)16/h3,10H,1,4-9H2,2H3,(H,14,17)(H,15,16). The van der Waals surface area contributed by atoms with Gasteiger partial charge in [-0.05, 0) is 32.6 Å². The molecule has 102 valence electrons. The number of aliphatic carboxylic acids is 1. The molecule has 0 heterocycles. The highest BCUT2D eigenvalue weighted by Gasteiger charge is 2.41. The van der Waals surface area contributed by atoms with Gasteiger partial charge < -0.3 is 15.2 Å². The summed E-state index contributed by atoms with van der Waals surface area (Å²) >= 11 is 0. The molecule has 18 heavy (non-hydrogen) atoms. The van der Waals surface area contributed by atoms with Crippen LogP contribution in [0.5, 0.6) is 0 Å². The molecule has 1 rings (SSSR count). The number of rotatable bonds is 8. The average Bonchev–Trinajstić information content (AvgIpc) is 2.25. The Morgan fingerprint density at radius 1 is 1.56 bits per heavy atom. The van der Waals surface area contributed by atoms with E-state index < -0.39 is 17.6 Å². The molecular weight excluding hydrogens is 234 g/mol. The van der Waals surface area contributed by atoms with Gasteiger partial charge in [-0.15, -0.1) is 6.58 Å². The highest BCUT2D eigenvalue weighted by molar-refractivity contribution is 5.82. The van der Waals surface area contributed by atoms with Crippen molar-refractivity contribution in [2.75, 3.05) is 6.61 Å². The molecule has 1 fully saturated rings. The first-order chi connectivity index (χ1) is 8.49. The van der Waals surface area contributed by atoms with Crippen LogP contribution in [0.3, 0.4) is 0 Å². The van der Waals surface area contributed by atoms with E-state index in [1.165, 1.54) is 0 Å². The number of nitrogens with one attached hydrogen (secondary N) is 1. The first kappa shape index (κ1) is 14.7. The minimum atomic E-state index is -0.879. The van der Waals surface area contributed by atoms with Crippen LogP contribution in [0.2, 0.25) is 0 Å². The van der Waals surface area contributed by atoms with E-state index in [0.717, 1.165) is 19.3 Å². The van der Waals surface area contributed by atoms with Crippen LogP contribution in [-0.4, -0.2) is 35.2 Å². The Labute approximate surface area is 107 Å². The molecule has 2 N–H and O–H groups in total.